The Hall–Kier alpha value is -2.66. The number of benzene rings is 2. The SMILES string of the molecule is O=COc1ccc2c(c1OC=O)-c1cccc3c1C(C2)NCC3. The lowest BCUT2D eigenvalue weighted by molar-refractivity contribution is -0.123. The van der Waals surface area contributed by atoms with E-state index in [2.05, 4.69) is 11.4 Å². The number of fused-ring (bicyclic) bond motifs is 2. The Morgan fingerprint density at radius 3 is 2.74 bits per heavy atom. The molecule has 4 rings (SSSR count). The van der Waals surface area contributed by atoms with E-state index >= 15 is 0 Å². The number of rotatable bonds is 4. The van der Waals surface area contributed by atoms with E-state index in [-0.39, 0.29) is 11.8 Å². The molecule has 0 amide bonds. The summed E-state index contributed by atoms with van der Waals surface area (Å²) in [6.07, 6.45) is 1.79. The molecule has 1 atom stereocenters. The molecule has 0 saturated carbocycles. The zero-order valence-corrected chi connectivity index (χ0v) is 12.4. The third kappa shape index (κ3) is 2.12. The fourth-order valence-electron chi connectivity index (χ4n) is 3.72. The van der Waals surface area contributed by atoms with Crippen LogP contribution < -0.4 is 14.8 Å². The van der Waals surface area contributed by atoms with Crippen LogP contribution in [0.5, 0.6) is 11.5 Å². The van der Waals surface area contributed by atoms with Gasteiger partial charge in [-0.2, -0.15) is 0 Å². The van der Waals surface area contributed by atoms with E-state index in [0.717, 1.165) is 36.1 Å². The lowest BCUT2D eigenvalue weighted by Crippen LogP contribution is -2.33. The molecule has 0 saturated heterocycles. The number of nitrogens with one attached hydrogen (secondary N) is 1. The fourth-order valence-corrected chi connectivity index (χ4v) is 3.72. The summed E-state index contributed by atoms with van der Waals surface area (Å²) >= 11 is 0. The smallest absolute Gasteiger partial charge is 0.298 e. The van der Waals surface area contributed by atoms with Gasteiger partial charge in [0.25, 0.3) is 12.9 Å². The van der Waals surface area contributed by atoms with Crippen LogP contribution in [0.4, 0.5) is 0 Å². The molecule has 1 N–H and O–H groups in total. The minimum Gasteiger partial charge on any atom is -0.425 e. The molecule has 2 aromatic carbocycles. The minimum atomic E-state index is 0.255. The molecular formula is C18H15NO4. The molecule has 0 radical (unpaired) electrons. The molecule has 0 aromatic heterocycles. The molecule has 2 aliphatic rings. The number of hydrogen-bond donors (Lipinski definition) is 1. The molecule has 23 heavy (non-hydrogen) atoms. The van der Waals surface area contributed by atoms with E-state index in [1.165, 1.54) is 11.1 Å². The molecule has 1 aliphatic carbocycles. The Bertz CT molecular complexity index is 800. The van der Waals surface area contributed by atoms with Crippen LogP contribution in [-0.4, -0.2) is 19.5 Å². The van der Waals surface area contributed by atoms with Crippen molar-refractivity contribution in [3.8, 4) is 22.6 Å². The van der Waals surface area contributed by atoms with Crippen molar-refractivity contribution < 1.29 is 19.1 Å². The van der Waals surface area contributed by atoms with E-state index in [4.69, 9.17) is 9.47 Å². The Morgan fingerprint density at radius 1 is 1.04 bits per heavy atom. The highest BCUT2D eigenvalue weighted by atomic mass is 16.6. The molecule has 1 unspecified atom stereocenters. The molecule has 2 aromatic rings. The summed E-state index contributed by atoms with van der Waals surface area (Å²) in [6, 6.07) is 10.1. The first-order valence-corrected chi connectivity index (χ1v) is 7.55. The molecular weight excluding hydrogens is 294 g/mol. The first kappa shape index (κ1) is 14.0. The Labute approximate surface area is 133 Å². The standard InChI is InChI=1S/C18H15NO4/c20-9-22-15-5-4-12-8-14-16-11(6-7-19-14)2-1-3-13(16)17(12)18(15)23-10-21/h1-5,9-10,14,19H,6-8H2. The monoisotopic (exact) mass is 309 g/mol. The summed E-state index contributed by atoms with van der Waals surface area (Å²) < 4.78 is 10.2. The van der Waals surface area contributed by atoms with Crippen molar-refractivity contribution >= 4 is 12.9 Å². The van der Waals surface area contributed by atoms with Crippen LogP contribution in [0.15, 0.2) is 30.3 Å². The quantitative estimate of drug-likeness (QED) is 0.877. The average molecular weight is 309 g/mol. The van der Waals surface area contributed by atoms with Gasteiger partial charge in [0.15, 0.2) is 11.5 Å². The summed E-state index contributed by atoms with van der Waals surface area (Å²) in [7, 11) is 0. The van der Waals surface area contributed by atoms with Gasteiger partial charge >= 0.3 is 0 Å². The Balaban J connectivity index is 1.99. The zero-order valence-electron chi connectivity index (χ0n) is 12.4. The number of carbonyl (C=O) groups is 2. The van der Waals surface area contributed by atoms with Gasteiger partial charge in [0.05, 0.1) is 0 Å². The van der Waals surface area contributed by atoms with E-state index in [1.54, 1.807) is 6.07 Å². The second kappa shape index (κ2) is 5.52. The van der Waals surface area contributed by atoms with Gasteiger partial charge in [-0.1, -0.05) is 24.3 Å². The van der Waals surface area contributed by atoms with Crippen molar-refractivity contribution in [2.24, 2.45) is 0 Å². The lowest BCUT2D eigenvalue weighted by Gasteiger charge is -2.34. The van der Waals surface area contributed by atoms with Crippen LogP contribution in [0.1, 0.15) is 22.7 Å². The van der Waals surface area contributed by atoms with E-state index in [1.807, 2.05) is 18.2 Å². The number of ether oxygens (including phenoxy) is 2. The highest BCUT2D eigenvalue weighted by molar-refractivity contribution is 5.84. The van der Waals surface area contributed by atoms with Gasteiger partial charge in [-0.25, -0.2) is 0 Å². The Kier molecular flexibility index (Phi) is 3.35. The van der Waals surface area contributed by atoms with Gasteiger partial charge in [0.1, 0.15) is 0 Å². The zero-order chi connectivity index (χ0) is 15.8. The van der Waals surface area contributed by atoms with Crippen molar-refractivity contribution in [1.82, 2.24) is 5.32 Å². The molecule has 116 valence electrons. The van der Waals surface area contributed by atoms with Crippen LogP contribution in [0.25, 0.3) is 11.1 Å². The summed E-state index contributed by atoms with van der Waals surface area (Å²) in [5.74, 6) is 0.563. The summed E-state index contributed by atoms with van der Waals surface area (Å²) in [4.78, 5) is 21.7. The number of hydrogen-bond acceptors (Lipinski definition) is 5. The molecule has 5 nitrogen and oxygen atoms in total. The minimum absolute atomic E-state index is 0.255. The molecule has 1 aliphatic heterocycles. The third-order valence-electron chi connectivity index (χ3n) is 4.57. The van der Waals surface area contributed by atoms with Crippen LogP contribution >= 0.6 is 0 Å². The van der Waals surface area contributed by atoms with E-state index in [0.29, 0.717) is 18.7 Å². The molecule has 0 fully saturated rings. The first-order chi connectivity index (χ1) is 11.3. The normalized spacial score (nSPS) is 17.7. The van der Waals surface area contributed by atoms with Crippen molar-refractivity contribution in [3.63, 3.8) is 0 Å². The van der Waals surface area contributed by atoms with Crippen LogP contribution in [0, 0.1) is 0 Å². The van der Waals surface area contributed by atoms with E-state index < -0.39 is 0 Å². The third-order valence-corrected chi connectivity index (χ3v) is 4.57. The Morgan fingerprint density at radius 2 is 1.91 bits per heavy atom. The maximum atomic E-state index is 10.9. The molecule has 5 heteroatoms. The van der Waals surface area contributed by atoms with Gasteiger partial charge in [-0.3, -0.25) is 9.59 Å². The predicted molar refractivity (Wildman–Crippen MR) is 83.4 cm³/mol. The van der Waals surface area contributed by atoms with Crippen LogP contribution in [-0.2, 0) is 22.4 Å². The largest absolute Gasteiger partial charge is 0.425 e. The summed E-state index contributed by atoms with van der Waals surface area (Å²) in [5, 5.41) is 3.55. The predicted octanol–water partition coefficient (Wildman–Crippen LogP) is 2.17. The highest BCUT2D eigenvalue weighted by Crippen LogP contribution is 2.48. The molecule has 1 heterocycles. The van der Waals surface area contributed by atoms with Gasteiger partial charge in [-0.15, -0.1) is 0 Å². The maximum absolute atomic E-state index is 10.9. The first-order valence-electron chi connectivity index (χ1n) is 7.55. The van der Waals surface area contributed by atoms with E-state index in [9.17, 15) is 9.59 Å². The molecule has 0 spiro atoms. The average Bonchev–Trinajstić information content (AvgIpc) is 2.58. The lowest BCUT2D eigenvalue weighted by atomic mass is 9.77. The summed E-state index contributed by atoms with van der Waals surface area (Å²) in [5.41, 5.74) is 5.52. The highest BCUT2D eigenvalue weighted by Gasteiger charge is 2.32. The van der Waals surface area contributed by atoms with Gasteiger partial charge in [0, 0.05) is 11.6 Å². The van der Waals surface area contributed by atoms with Gasteiger partial charge in [-0.05, 0) is 47.7 Å². The maximum Gasteiger partial charge on any atom is 0.298 e. The second-order valence-electron chi connectivity index (χ2n) is 5.69. The number of carbonyl (C=O) groups excluding carboxylic acids is 2. The van der Waals surface area contributed by atoms with Crippen molar-refractivity contribution in [2.75, 3.05) is 6.54 Å². The van der Waals surface area contributed by atoms with Crippen LogP contribution in [0.2, 0.25) is 0 Å². The van der Waals surface area contributed by atoms with Crippen molar-refractivity contribution in [2.45, 2.75) is 18.9 Å². The van der Waals surface area contributed by atoms with Crippen molar-refractivity contribution in [1.29, 1.82) is 0 Å². The fraction of sp³-hybridized carbons (Fsp3) is 0.222. The van der Waals surface area contributed by atoms with Crippen molar-refractivity contribution in [3.05, 3.63) is 47.0 Å². The second-order valence-corrected chi connectivity index (χ2v) is 5.69. The summed E-state index contributed by atoms with van der Waals surface area (Å²) in [6.45, 7) is 1.67. The molecule has 0 bridgehead atoms. The van der Waals surface area contributed by atoms with Gasteiger partial charge in [0.2, 0.25) is 0 Å². The van der Waals surface area contributed by atoms with Crippen LogP contribution in [0.3, 0.4) is 0 Å². The van der Waals surface area contributed by atoms with Gasteiger partial charge < -0.3 is 14.8 Å². The topological polar surface area (TPSA) is 64.6 Å².